The maximum absolute atomic E-state index is 12.7. The van der Waals surface area contributed by atoms with Crippen LogP contribution in [0, 0.1) is 0 Å². The normalized spacial score (nSPS) is 11.3. The molecule has 0 unspecified atom stereocenters. The molecule has 3 aromatic carbocycles. The monoisotopic (exact) mass is 447 g/mol. The van der Waals surface area contributed by atoms with Crippen molar-refractivity contribution < 1.29 is 24.6 Å². The number of phenolic OH excluding ortho intramolecular Hbond substituents is 1. The van der Waals surface area contributed by atoms with Gasteiger partial charge in [-0.25, -0.2) is 0 Å². The van der Waals surface area contributed by atoms with E-state index in [0.717, 1.165) is 10.9 Å². The number of benzene rings is 3. The molecule has 0 spiro atoms. The van der Waals surface area contributed by atoms with Crippen molar-refractivity contribution in [2.24, 2.45) is 5.11 Å². The van der Waals surface area contributed by atoms with E-state index in [-0.39, 0.29) is 36.4 Å². The number of nitrogens with one attached hydrogen (secondary N) is 2. The fraction of sp³-hybridized carbons (Fsp3) is 0.174. The number of amides is 2. The zero-order chi connectivity index (χ0) is 23.8. The van der Waals surface area contributed by atoms with Gasteiger partial charge in [-0.05, 0) is 40.1 Å². The minimum atomic E-state index is -1.13. The van der Waals surface area contributed by atoms with Gasteiger partial charge in [-0.1, -0.05) is 47.6 Å². The Morgan fingerprint density at radius 2 is 1.73 bits per heavy atom. The number of nitrogens with zero attached hydrogens (tertiary/aromatic N) is 3. The lowest BCUT2D eigenvalue weighted by molar-refractivity contribution is -0.137. The number of aliphatic carboxylic acids is 1. The van der Waals surface area contributed by atoms with E-state index in [1.54, 1.807) is 30.3 Å². The highest BCUT2D eigenvalue weighted by molar-refractivity contribution is 6.09. The number of fused-ring (bicyclic) bond motifs is 1. The first-order chi connectivity index (χ1) is 15.9. The van der Waals surface area contributed by atoms with Crippen molar-refractivity contribution in [1.29, 1.82) is 0 Å². The van der Waals surface area contributed by atoms with E-state index in [4.69, 9.17) is 10.6 Å². The lowest BCUT2D eigenvalue weighted by atomic mass is 10.0. The van der Waals surface area contributed by atoms with Crippen LogP contribution in [0.2, 0.25) is 0 Å². The van der Waals surface area contributed by atoms with Crippen molar-refractivity contribution in [2.45, 2.75) is 19.0 Å². The molecule has 10 nitrogen and oxygen atoms in total. The first kappa shape index (κ1) is 23.1. The number of hydrogen-bond acceptors (Lipinski definition) is 5. The third-order valence-corrected chi connectivity index (χ3v) is 4.92. The van der Waals surface area contributed by atoms with Crippen LogP contribution in [0.3, 0.4) is 0 Å². The highest BCUT2D eigenvalue weighted by Gasteiger charge is 2.17. The summed E-state index contributed by atoms with van der Waals surface area (Å²) >= 11 is 0. The highest BCUT2D eigenvalue weighted by atomic mass is 16.4. The number of carboxylic acids is 1. The van der Waals surface area contributed by atoms with Crippen molar-refractivity contribution in [2.75, 3.05) is 6.54 Å². The highest BCUT2D eigenvalue weighted by Crippen LogP contribution is 2.27. The number of azide groups is 1. The van der Waals surface area contributed by atoms with Crippen LogP contribution in [0.25, 0.3) is 21.2 Å². The first-order valence-electron chi connectivity index (χ1n) is 10.0. The summed E-state index contributed by atoms with van der Waals surface area (Å²) < 4.78 is 0. The van der Waals surface area contributed by atoms with E-state index < -0.39 is 23.8 Å². The van der Waals surface area contributed by atoms with Crippen LogP contribution in [0.4, 0.5) is 0 Å². The van der Waals surface area contributed by atoms with E-state index in [9.17, 15) is 19.5 Å². The van der Waals surface area contributed by atoms with Crippen LogP contribution in [0.15, 0.2) is 65.8 Å². The summed E-state index contributed by atoms with van der Waals surface area (Å²) in [4.78, 5) is 38.6. The van der Waals surface area contributed by atoms with Gasteiger partial charge in [0.25, 0.3) is 11.8 Å². The molecular formula is C23H21N5O5. The SMILES string of the molecule is [N-]=[N+]=NC[C@H](CC(=O)O)NC(=O)c1ccc(CNC(=O)c2c(O)ccc3ccccc23)cc1. The molecule has 0 bridgehead atoms. The molecule has 0 aliphatic carbocycles. The number of rotatable bonds is 9. The summed E-state index contributed by atoms with van der Waals surface area (Å²) in [7, 11) is 0. The molecule has 3 aromatic rings. The van der Waals surface area contributed by atoms with Gasteiger partial charge in [0.1, 0.15) is 5.75 Å². The third kappa shape index (κ3) is 5.99. The predicted molar refractivity (Wildman–Crippen MR) is 121 cm³/mol. The molecule has 168 valence electrons. The second-order valence-electron chi connectivity index (χ2n) is 7.24. The van der Waals surface area contributed by atoms with Gasteiger partial charge < -0.3 is 20.8 Å². The largest absolute Gasteiger partial charge is 0.507 e. The average molecular weight is 447 g/mol. The fourth-order valence-electron chi connectivity index (χ4n) is 3.32. The fourth-order valence-corrected chi connectivity index (χ4v) is 3.32. The van der Waals surface area contributed by atoms with Crippen LogP contribution < -0.4 is 10.6 Å². The van der Waals surface area contributed by atoms with Crippen molar-refractivity contribution in [1.82, 2.24) is 10.6 Å². The molecule has 0 aromatic heterocycles. The smallest absolute Gasteiger partial charge is 0.305 e. The van der Waals surface area contributed by atoms with Crippen LogP contribution in [0.1, 0.15) is 32.7 Å². The summed E-state index contributed by atoms with van der Waals surface area (Å²) in [5.41, 5.74) is 9.61. The van der Waals surface area contributed by atoms with Crippen molar-refractivity contribution in [3.63, 3.8) is 0 Å². The number of carboxylic acid groups (broad SMARTS) is 1. The Morgan fingerprint density at radius 1 is 1.00 bits per heavy atom. The Morgan fingerprint density at radius 3 is 2.42 bits per heavy atom. The molecule has 1 atom stereocenters. The van der Waals surface area contributed by atoms with Gasteiger partial charge in [-0.15, -0.1) is 0 Å². The molecule has 0 saturated heterocycles. The second kappa shape index (κ2) is 10.7. The third-order valence-electron chi connectivity index (χ3n) is 4.92. The van der Waals surface area contributed by atoms with Crippen molar-refractivity contribution in [3.05, 3.63) is 87.8 Å². The molecule has 0 aliphatic heterocycles. The summed E-state index contributed by atoms with van der Waals surface area (Å²) in [6.07, 6.45) is -0.379. The van der Waals surface area contributed by atoms with Gasteiger partial charge in [0.2, 0.25) is 0 Å². The number of carbonyl (C=O) groups is 3. The van der Waals surface area contributed by atoms with Crippen LogP contribution in [0.5, 0.6) is 5.75 Å². The summed E-state index contributed by atoms with van der Waals surface area (Å²) in [6, 6.07) is 16.0. The Kier molecular flexibility index (Phi) is 7.46. The molecule has 0 saturated carbocycles. The van der Waals surface area contributed by atoms with Gasteiger partial charge in [0.05, 0.1) is 12.0 Å². The molecule has 4 N–H and O–H groups in total. The van der Waals surface area contributed by atoms with E-state index in [0.29, 0.717) is 5.39 Å². The topological polar surface area (TPSA) is 164 Å². The lowest BCUT2D eigenvalue weighted by Crippen LogP contribution is -2.38. The van der Waals surface area contributed by atoms with E-state index in [2.05, 4.69) is 20.7 Å². The van der Waals surface area contributed by atoms with E-state index in [1.807, 2.05) is 12.1 Å². The predicted octanol–water partition coefficient (Wildman–Crippen LogP) is 3.36. The lowest BCUT2D eigenvalue weighted by Gasteiger charge is -2.15. The van der Waals surface area contributed by atoms with Gasteiger partial charge in [0, 0.05) is 29.6 Å². The number of aromatic hydroxyl groups is 1. The zero-order valence-electron chi connectivity index (χ0n) is 17.4. The molecule has 3 rings (SSSR count). The van der Waals surface area contributed by atoms with E-state index >= 15 is 0 Å². The average Bonchev–Trinajstić information content (AvgIpc) is 2.80. The van der Waals surface area contributed by atoms with Crippen molar-refractivity contribution in [3.8, 4) is 5.75 Å². The second-order valence-corrected chi connectivity index (χ2v) is 7.24. The van der Waals surface area contributed by atoms with Crippen molar-refractivity contribution >= 4 is 28.6 Å². The van der Waals surface area contributed by atoms with E-state index in [1.165, 1.54) is 18.2 Å². The standard InChI is InChI=1S/C23H21N5O5/c24-28-26-13-17(11-20(30)31)27-22(32)16-7-5-14(6-8-16)12-25-23(33)21-18-4-2-1-3-15(18)9-10-19(21)29/h1-10,17,29H,11-13H2,(H,25,33)(H,27,32)(H,30,31)/t17-/m0/s1. The molecule has 0 heterocycles. The zero-order valence-corrected chi connectivity index (χ0v) is 17.4. The Balaban J connectivity index is 1.64. The minimum absolute atomic E-state index is 0.116. The van der Waals surface area contributed by atoms with Gasteiger partial charge >= 0.3 is 5.97 Å². The Labute approximate surface area is 188 Å². The summed E-state index contributed by atoms with van der Waals surface area (Å²) in [5.74, 6) is -2.18. The molecule has 0 fully saturated rings. The maximum atomic E-state index is 12.7. The minimum Gasteiger partial charge on any atom is -0.507 e. The first-order valence-corrected chi connectivity index (χ1v) is 10.0. The maximum Gasteiger partial charge on any atom is 0.305 e. The number of carbonyl (C=O) groups excluding carboxylic acids is 2. The summed E-state index contributed by atoms with van der Waals surface area (Å²) in [5, 5.41) is 29.2. The molecule has 0 radical (unpaired) electrons. The van der Waals surface area contributed by atoms with Crippen LogP contribution >= 0.6 is 0 Å². The van der Waals surface area contributed by atoms with Crippen LogP contribution in [-0.4, -0.2) is 40.6 Å². The van der Waals surface area contributed by atoms with Crippen LogP contribution in [-0.2, 0) is 11.3 Å². The van der Waals surface area contributed by atoms with Gasteiger partial charge in [-0.3, -0.25) is 14.4 Å². The van der Waals surface area contributed by atoms with Gasteiger partial charge in [-0.2, -0.15) is 0 Å². The molecule has 33 heavy (non-hydrogen) atoms. The molecule has 2 amide bonds. The van der Waals surface area contributed by atoms with Gasteiger partial charge in [0.15, 0.2) is 0 Å². The molecule has 10 heteroatoms. The number of phenols is 1. The quantitative estimate of drug-likeness (QED) is 0.224. The Bertz CT molecular complexity index is 1230. The summed E-state index contributed by atoms with van der Waals surface area (Å²) in [6.45, 7) is -0.0123. The molecule has 0 aliphatic rings. The molecular weight excluding hydrogens is 426 g/mol. The Hall–Kier alpha value is -4.56. The number of hydrogen-bond donors (Lipinski definition) is 4.